The van der Waals surface area contributed by atoms with Crippen LogP contribution in [0.25, 0.3) is 4.96 Å². The molecule has 2 heterocycles. The van der Waals surface area contributed by atoms with E-state index in [9.17, 15) is 9.59 Å². The summed E-state index contributed by atoms with van der Waals surface area (Å²) in [6.07, 6.45) is 1.36. The summed E-state index contributed by atoms with van der Waals surface area (Å²) in [4.78, 5) is 29.5. The van der Waals surface area contributed by atoms with Gasteiger partial charge in [-0.3, -0.25) is 14.0 Å². The fraction of sp³-hybridized carbons (Fsp3) is 0.235. The molecule has 0 unspecified atom stereocenters. The normalized spacial score (nSPS) is 12.3. The molecule has 5 nitrogen and oxygen atoms in total. The highest BCUT2D eigenvalue weighted by molar-refractivity contribution is 7.15. The van der Waals surface area contributed by atoms with Gasteiger partial charge >= 0.3 is 0 Å². The molecule has 0 spiro atoms. The third-order valence-corrected chi connectivity index (χ3v) is 4.76. The largest absolute Gasteiger partial charge is 0.351 e. The topological polar surface area (TPSA) is 63.5 Å². The van der Waals surface area contributed by atoms with E-state index in [1.165, 1.54) is 21.9 Å². The second kappa shape index (κ2) is 6.34. The predicted octanol–water partition coefficient (Wildman–Crippen LogP) is 2.60. The lowest BCUT2D eigenvalue weighted by Gasteiger charge is -2.12. The van der Waals surface area contributed by atoms with Crippen LogP contribution in [0.3, 0.4) is 0 Å². The molecule has 0 aliphatic rings. The molecular formula is C17H17N3O2S. The molecule has 0 radical (unpaired) electrons. The van der Waals surface area contributed by atoms with E-state index in [0.717, 1.165) is 11.3 Å². The molecule has 23 heavy (non-hydrogen) atoms. The zero-order valence-corrected chi connectivity index (χ0v) is 13.8. The Labute approximate surface area is 137 Å². The molecule has 0 bridgehead atoms. The minimum atomic E-state index is -0.384. The van der Waals surface area contributed by atoms with Crippen molar-refractivity contribution in [3.8, 4) is 0 Å². The van der Waals surface area contributed by atoms with E-state index in [1.807, 2.05) is 49.6 Å². The van der Waals surface area contributed by atoms with E-state index < -0.39 is 0 Å². The number of rotatable bonds is 4. The van der Waals surface area contributed by atoms with Crippen LogP contribution in [0.2, 0.25) is 0 Å². The zero-order valence-electron chi connectivity index (χ0n) is 12.9. The number of hydrogen-bond donors (Lipinski definition) is 1. The van der Waals surface area contributed by atoms with Crippen LogP contribution in [0.5, 0.6) is 0 Å². The lowest BCUT2D eigenvalue weighted by atomic mass is 10.0. The maximum Gasteiger partial charge on any atom is 0.271 e. The highest BCUT2D eigenvalue weighted by Gasteiger charge is 2.16. The Kier molecular flexibility index (Phi) is 4.25. The summed E-state index contributed by atoms with van der Waals surface area (Å²) in [6.45, 7) is 4.33. The van der Waals surface area contributed by atoms with Crippen molar-refractivity contribution in [1.29, 1.82) is 0 Å². The van der Waals surface area contributed by atoms with Crippen LogP contribution in [-0.2, 0) is 0 Å². The Morgan fingerprint density at radius 2 is 2.09 bits per heavy atom. The van der Waals surface area contributed by atoms with Crippen LogP contribution in [0.15, 0.2) is 46.7 Å². The fourth-order valence-corrected chi connectivity index (χ4v) is 3.25. The molecule has 0 fully saturated rings. The van der Waals surface area contributed by atoms with Crippen molar-refractivity contribution in [2.45, 2.75) is 19.8 Å². The first-order chi connectivity index (χ1) is 11.1. The Morgan fingerprint density at radius 3 is 2.83 bits per heavy atom. The van der Waals surface area contributed by atoms with Crippen molar-refractivity contribution >= 4 is 22.2 Å². The molecule has 0 saturated carbocycles. The molecule has 3 aromatic rings. The number of benzene rings is 1. The first-order valence-electron chi connectivity index (χ1n) is 7.37. The monoisotopic (exact) mass is 327 g/mol. The van der Waals surface area contributed by atoms with Gasteiger partial charge < -0.3 is 5.32 Å². The molecule has 0 saturated heterocycles. The zero-order chi connectivity index (χ0) is 16.4. The lowest BCUT2D eigenvalue weighted by molar-refractivity contribution is 0.0949. The number of carbonyl (C=O) groups is 1. The molecule has 1 atom stereocenters. The number of amides is 1. The van der Waals surface area contributed by atoms with Gasteiger partial charge in [0.05, 0.1) is 0 Å². The van der Waals surface area contributed by atoms with Gasteiger partial charge in [0.1, 0.15) is 5.56 Å². The van der Waals surface area contributed by atoms with Crippen molar-refractivity contribution in [3.05, 3.63) is 69.1 Å². The van der Waals surface area contributed by atoms with Gasteiger partial charge in [-0.25, -0.2) is 4.98 Å². The number of aromatic nitrogens is 2. The third-order valence-electron chi connectivity index (χ3n) is 3.80. The van der Waals surface area contributed by atoms with E-state index in [-0.39, 0.29) is 22.9 Å². The maximum absolute atomic E-state index is 12.4. The van der Waals surface area contributed by atoms with Gasteiger partial charge in [0.2, 0.25) is 0 Å². The number of nitrogens with zero attached hydrogens (tertiary/aromatic N) is 2. The van der Waals surface area contributed by atoms with E-state index in [4.69, 9.17) is 0 Å². The van der Waals surface area contributed by atoms with Crippen LogP contribution in [-0.4, -0.2) is 21.8 Å². The molecule has 6 heteroatoms. The number of aryl methyl sites for hydroxylation is 1. The number of carbonyl (C=O) groups excluding carboxylic acids is 1. The van der Waals surface area contributed by atoms with Crippen LogP contribution < -0.4 is 10.9 Å². The molecule has 1 N–H and O–H groups in total. The number of thiazole rings is 1. The second-order valence-electron chi connectivity index (χ2n) is 5.49. The summed E-state index contributed by atoms with van der Waals surface area (Å²) in [5.74, 6) is -0.215. The fourth-order valence-electron chi connectivity index (χ4n) is 2.42. The van der Waals surface area contributed by atoms with Gasteiger partial charge in [-0.2, -0.15) is 0 Å². The molecule has 1 aromatic carbocycles. The minimum Gasteiger partial charge on any atom is -0.351 e. The number of fused-ring (bicyclic) bond motifs is 1. The SMILES string of the molecule is Cc1csc2ncc(C(=O)NC[C@@H](C)c3ccccc3)c(=O)n12. The molecule has 0 aliphatic carbocycles. The van der Waals surface area contributed by atoms with Crippen molar-refractivity contribution in [2.75, 3.05) is 6.54 Å². The summed E-state index contributed by atoms with van der Waals surface area (Å²) in [5.41, 5.74) is 1.68. The van der Waals surface area contributed by atoms with Crippen LogP contribution in [0.4, 0.5) is 0 Å². The lowest BCUT2D eigenvalue weighted by Crippen LogP contribution is -2.33. The average molecular weight is 327 g/mol. The summed E-state index contributed by atoms with van der Waals surface area (Å²) in [5, 5.41) is 4.68. The van der Waals surface area contributed by atoms with E-state index in [2.05, 4.69) is 10.3 Å². The van der Waals surface area contributed by atoms with Crippen molar-refractivity contribution < 1.29 is 4.79 Å². The Bertz CT molecular complexity index is 899. The predicted molar refractivity (Wildman–Crippen MR) is 91.3 cm³/mol. The maximum atomic E-state index is 12.4. The van der Waals surface area contributed by atoms with E-state index in [0.29, 0.717) is 11.5 Å². The van der Waals surface area contributed by atoms with E-state index >= 15 is 0 Å². The molecular weight excluding hydrogens is 310 g/mol. The highest BCUT2D eigenvalue weighted by Crippen LogP contribution is 2.14. The quantitative estimate of drug-likeness (QED) is 0.801. The van der Waals surface area contributed by atoms with Gasteiger partial charge in [0.25, 0.3) is 11.5 Å². The van der Waals surface area contributed by atoms with Gasteiger partial charge in [-0.15, -0.1) is 11.3 Å². The van der Waals surface area contributed by atoms with Gasteiger partial charge in [0, 0.05) is 23.8 Å². The Hall–Kier alpha value is -2.47. The standard InChI is InChI=1S/C17H17N3O2S/c1-11(13-6-4-3-5-7-13)8-18-15(21)14-9-19-17-20(16(14)22)12(2)10-23-17/h3-7,9-11H,8H2,1-2H3,(H,18,21)/t11-/m1/s1. The molecule has 2 aromatic heterocycles. The summed E-state index contributed by atoms with van der Waals surface area (Å²) < 4.78 is 1.47. The molecule has 118 valence electrons. The minimum absolute atomic E-state index is 0.0734. The van der Waals surface area contributed by atoms with Crippen molar-refractivity contribution in [1.82, 2.24) is 14.7 Å². The van der Waals surface area contributed by atoms with Crippen molar-refractivity contribution in [3.63, 3.8) is 0 Å². The summed E-state index contributed by atoms with van der Waals surface area (Å²) in [7, 11) is 0. The second-order valence-corrected chi connectivity index (χ2v) is 6.33. The number of hydrogen-bond acceptors (Lipinski definition) is 4. The smallest absolute Gasteiger partial charge is 0.271 e. The molecule has 3 rings (SSSR count). The highest BCUT2D eigenvalue weighted by atomic mass is 32.1. The number of nitrogens with one attached hydrogen (secondary N) is 1. The van der Waals surface area contributed by atoms with Gasteiger partial charge in [-0.05, 0) is 18.4 Å². The van der Waals surface area contributed by atoms with E-state index in [1.54, 1.807) is 0 Å². The van der Waals surface area contributed by atoms with Crippen LogP contribution >= 0.6 is 11.3 Å². The summed E-state index contributed by atoms with van der Waals surface area (Å²) in [6, 6.07) is 9.94. The van der Waals surface area contributed by atoms with Crippen LogP contribution in [0.1, 0.15) is 34.5 Å². The summed E-state index contributed by atoms with van der Waals surface area (Å²) >= 11 is 1.38. The van der Waals surface area contributed by atoms with Crippen LogP contribution in [0, 0.1) is 6.92 Å². The molecule has 0 aliphatic heterocycles. The third kappa shape index (κ3) is 3.03. The van der Waals surface area contributed by atoms with Gasteiger partial charge in [0.15, 0.2) is 4.96 Å². The Balaban J connectivity index is 1.77. The first kappa shape index (κ1) is 15.4. The molecule has 1 amide bonds. The van der Waals surface area contributed by atoms with Gasteiger partial charge in [-0.1, -0.05) is 37.3 Å². The van der Waals surface area contributed by atoms with Crippen molar-refractivity contribution in [2.24, 2.45) is 0 Å². The average Bonchev–Trinajstić information content (AvgIpc) is 2.95. The first-order valence-corrected chi connectivity index (χ1v) is 8.25. The Morgan fingerprint density at radius 1 is 1.35 bits per heavy atom.